The zero-order valence-corrected chi connectivity index (χ0v) is 26.5. The van der Waals surface area contributed by atoms with E-state index in [0.29, 0.717) is 22.7 Å². The smallest absolute Gasteiger partial charge is 0.255 e. The Bertz CT molecular complexity index is 1860. The second-order valence-corrected chi connectivity index (χ2v) is 13.2. The van der Waals surface area contributed by atoms with Crippen LogP contribution >= 0.6 is 11.6 Å². The summed E-state index contributed by atoms with van der Waals surface area (Å²) in [6, 6.07) is 30.2. The van der Waals surface area contributed by atoms with Crippen LogP contribution < -0.4 is 10.2 Å². The lowest BCUT2D eigenvalue weighted by Gasteiger charge is -2.41. The number of amides is 1. The van der Waals surface area contributed by atoms with E-state index >= 15 is 0 Å². The zero-order valence-electron chi connectivity index (χ0n) is 25.8. The summed E-state index contributed by atoms with van der Waals surface area (Å²) in [4.78, 5) is 24.7. The van der Waals surface area contributed by atoms with Gasteiger partial charge in [-0.25, -0.2) is 0 Å². The Hall–Kier alpha value is -4.30. The molecule has 4 heterocycles. The number of aromatic nitrogens is 1. The standard InChI is InChI=1S/C38H38ClN5O2/c39-29-9-12-36(45)33(23-29)37(35-22-27-3-1-2-4-34(27)41-35)44-24-28-6-5-26(21-32(28)38(44)46)25-7-10-30(11-8-25)42-17-19-43(20-18-42)31-13-15-40-16-14-31/h1-12,21-23,31,37,40-41,45H,13-20,24H2/t37-/m1/s1. The minimum atomic E-state index is -0.538. The monoisotopic (exact) mass is 631 g/mol. The van der Waals surface area contributed by atoms with E-state index in [1.807, 2.05) is 35.2 Å². The summed E-state index contributed by atoms with van der Waals surface area (Å²) in [5.74, 6) is 0.0356. The Morgan fingerprint density at radius 1 is 0.826 bits per heavy atom. The van der Waals surface area contributed by atoms with Gasteiger partial charge in [-0.3, -0.25) is 9.69 Å². The first-order chi connectivity index (χ1) is 22.5. The fraction of sp³-hybridized carbons (Fsp3) is 0.289. The Morgan fingerprint density at radius 3 is 2.37 bits per heavy atom. The molecule has 3 aliphatic heterocycles. The van der Waals surface area contributed by atoms with Gasteiger partial charge in [0.1, 0.15) is 11.8 Å². The first-order valence-corrected chi connectivity index (χ1v) is 16.7. The van der Waals surface area contributed by atoms with Crippen LogP contribution in [-0.4, -0.2) is 71.1 Å². The number of phenols is 1. The molecule has 3 aliphatic rings. The van der Waals surface area contributed by atoms with Crippen LogP contribution in [0.4, 0.5) is 5.69 Å². The number of hydrogen-bond donors (Lipinski definition) is 3. The van der Waals surface area contributed by atoms with Crippen LogP contribution in [-0.2, 0) is 6.54 Å². The van der Waals surface area contributed by atoms with Crippen molar-refractivity contribution < 1.29 is 9.90 Å². The molecule has 1 aromatic heterocycles. The third-order valence-corrected chi connectivity index (χ3v) is 10.3. The second kappa shape index (κ2) is 12.1. The van der Waals surface area contributed by atoms with E-state index in [-0.39, 0.29) is 11.7 Å². The molecule has 0 radical (unpaired) electrons. The summed E-state index contributed by atoms with van der Waals surface area (Å²) in [6.45, 7) is 7.02. The Morgan fingerprint density at radius 2 is 1.59 bits per heavy atom. The SMILES string of the molecule is O=C1c2cc(-c3ccc(N4CCN(C5CCNCC5)CC4)cc3)ccc2CN1[C@@H](c1cc2ccccc2[nH]1)c1cc(Cl)ccc1O. The summed E-state index contributed by atoms with van der Waals surface area (Å²) in [7, 11) is 0. The highest BCUT2D eigenvalue weighted by Crippen LogP contribution is 2.41. The van der Waals surface area contributed by atoms with Gasteiger partial charge >= 0.3 is 0 Å². The highest BCUT2D eigenvalue weighted by atomic mass is 35.5. The van der Waals surface area contributed by atoms with Gasteiger partial charge in [-0.2, -0.15) is 0 Å². The van der Waals surface area contributed by atoms with Gasteiger partial charge < -0.3 is 25.2 Å². The molecular formula is C38H38ClN5O2. The third-order valence-electron chi connectivity index (χ3n) is 10.1. The molecule has 0 spiro atoms. The van der Waals surface area contributed by atoms with E-state index in [1.54, 1.807) is 18.2 Å². The number of fused-ring (bicyclic) bond motifs is 2. The van der Waals surface area contributed by atoms with Crippen LogP contribution in [0, 0.1) is 0 Å². The number of benzene rings is 4. The minimum absolute atomic E-state index is 0.0666. The fourth-order valence-corrected chi connectivity index (χ4v) is 7.76. The van der Waals surface area contributed by atoms with Crippen LogP contribution in [0.2, 0.25) is 5.02 Å². The molecule has 2 fully saturated rings. The average Bonchev–Trinajstić information content (AvgIpc) is 3.67. The number of rotatable bonds is 6. The summed E-state index contributed by atoms with van der Waals surface area (Å²) in [5, 5.41) is 16.0. The summed E-state index contributed by atoms with van der Waals surface area (Å²) in [5.41, 5.74) is 7.41. The van der Waals surface area contributed by atoms with Crippen molar-refractivity contribution in [3.63, 3.8) is 0 Å². The molecule has 5 aromatic rings. The van der Waals surface area contributed by atoms with Gasteiger partial charge in [-0.05, 0) is 96.5 Å². The number of halogens is 1. The zero-order chi connectivity index (χ0) is 31.2. The van der Waals surface area contributed by atoms with Gasteiger partial charge in [-0.1, -0.05) is 54.1 Å². The normalized spacial score (nSPS) is 18.3. The van der Waals surface area contributed by atoms with Gasteiger partial charge in [0.25, 0.3) is 5.91 Å². The predicted molar refractivity (Wildman–Crippen MR) is 185 cm³/mol. The van der Waals surface area contributed by atoms with E-state index < -0.39 is 6.04 Å². The number of piperazine rings is 1. The first-order valence-electron chi connectivity index (χ1n) is 16.3. The molecular weight excluding hydrogens is 594 g/mol. The van der Waals surface area contributed by atoms with Gasteiger partial charge in [0.2, 0.25) is 0 Å². The lowest BCUT2D eigenvalue weighted by atomic mass is 9.99. The molecule has 1 amide bonds. The van der Waals surface area contributed by atoms with E-state index in [1.165, 1.54) is 18.5 Å². The fourth-order valence-electron chi connectivity index (χ4n) is 7.58. The molecule has 234 valence electrons. The third kappa shape index (κ3) is 5.42. The molecule has 8 heteroatoms. The van der Waals surface area contributed by atoms with E-state index in [9.17, 15) is 9.90 Å². The molecule has 8 rings (SSSR count). The van der Waals surface area contributed by atoms with Crippen LogP contribution in [0.15, 0.2) is 91.0 Å². The van der Waals surface area contributed by atoms with Gasteiger partial charge in [0, 0.05) is 71.8 Å². The van der Waals surface area contributed by atoms with Crippen molar-refractivity contribution in [3.05, 3.63) is 118 Å². The Kier molecular flexibility index (Phi) is 7.68. The van der Waals surface area contributed by atoms with Crippen LogP contribution in [0.25, 0.3) is 22.0 Å². The van der Waals surface area contributed by atoms with Crippen molar-refractivity contribution in [2.24, 2.45) is 0 Å². The predicted octanol–water partition coefficient (Wildman–Crippen LogP) is 6.81. The Labute approximate surface area is 274 Å². The maximum atomic E-state index is 14.2. The summed E-state index contributed by atoms with van der Waals surface area (Å²) >= 11 is 6.42. The van der Waals surface area contributed by atoms with Crippen molar-refractivity contribution in [2.75, 3.05) is 44.2 Å². The summed E-state index contributed by atoms with van der Waals surface area (Å²) < 4.78 is 0. The maximum Gasteiger partial charge on any atom is 0.255 e. The molecule has 0 unspecified atom stereocenters. The maximum absolute atomic E-state index is 14.2. The number of anilines is 1. The summed E-state index contributed by atoms with van der Waals surface area (Å²) in [6.07, 6.45) is 2.50. The molecule has 0 bridgehead atoms. The molecule has 3 N–H and O–H groups in total. The van der Waals surface area contributed by atoms with Crippen molar-refractivity contribution in [1.82, 2.24) is 20.1 Å². The topological polar surface area (TPSA) is 74.8 Å². The number of aromatic hydroxyl groups is 1. The second-order valence-electron chi connectivity index (χ2n) is 12.8. The van der Waals surface area contributed by atoms with Gasteiger partial charge in [0.05, 0.1) is 0 Å². The lowest BCUT2D eigenvalue weighted by Crippen LogP contribution is -2.52. The minimum Gasteiger partial charge on any atom is -0.508 e. The molecule has 46 heavy (non-hydrogen) atoms. The number of carbonyl (C=O) groups excluding carboxylic acids is 1. The van der Waals surface area contributed by atoms with Crippen molar-refractivity contribution in [2.45, 2.75) is 31.5 Å². The molecule has 7 nitrogen and oxygen atoms in total. The van der Waals surface area contributed by atoms with E-state index in [0.717, 1.165) is 78.6 Å². The number of para-hydroxylation sites is 1. The van der Waals surface area contributed by atoms with Crippen molar-refractivity contribution >= 4 is 34.1 Å². The van der Waals surface area contributed by atoms with Crippen molar-refractivity contribution in [1.29, 1.82) is 0 Å². The largest absolute Gasteiger partial charge is 0.508 e. The molecule has 2 saturated heterocycles. The van der Waals surface area contributed by atoms with Crippen molar-refractivity contribution in [3.8, 4) is 16.9 Å². The molecule has 4 aromatic carbocycles. The van der Waals surface area contributed by atoms with E-state index in [4.69, 9.17) is 11.6 Å². The number of aromatic amines is 1. The first kappa shape index (κ1) is 29.1. The van der Waals surface area contributed by atoms with Gasteiger partial charge in [0.15, 0.2) is 0 Å². The average molecular weight is 632 g/mol. The quantitative estimate of drug-likeness (QED) is 0.192. The number of phenolic OH excluding ortho intramolecular Hbond substituents is 1. The molecule has 1 atom stereocenters. The number of H-pyrrole nitrogens is 1. The van der Waals surface area contributed by atoms with Gasteiger partial charge in [-0.15, -0.1) is 0 Å². The number of nitrogens with one attached hydrogen (secondary N) is 2. The Balaban J connectivity index is 1.03. The number of hydrogen-bond acceptors (Lipinski definition) is 5. The van der Waals surface area contributed by atoms with Crippen LogP contribution in [0.5, 0.6) is 5.75 Å². The molecule has 0 saturated carbocycles. The molecule has 0 aliphatic carbocycles. The number of nitrogens with zero attached hydrogens (tertiary/aromatic N) is 3. The highest BCUT2D eigenvalue weighted by Gasteiger charge is 2.37. The highest BCUT2D eigenvalue weighted by molar-refractivity contribution is 6.30. The number of carbonyl (C=O) groups is 1. The van der Waals surface area contributed by atoms with Crippen LogP contribution in [0.3, 0.4) is 0 Å². The lowest BCUT2D eigenvalue weighted by molar-refractivity contribution is 0.0727. The van der Waals surface area contributed by atoms with Crippen LogP contribution in [0.1, 0.15) is 46.1 Å². The number of piperidine rings is 1. The van der Waals surface area contributed by atoms with E-state index in [2.05, 4.69) is 62.6 Å².